The minimum Gasteiger partial charge on any atom is -0.353 e. The first kappa shape index (κ1) is 15.7. The predicted molar refractivity (Wildman–Crippen MR) is 86.9 cm³/mol. The number of hydrogen-bond acceptors (Lipinski definition) is 4. The van der Waals surface area contributed by atoms with E-state index >= 15 is 0 Å². The van der Waals surface area contributed by atoms with Gasteiger partial charge in [-0.15, -0.1) is 11.8 Å². The fourth-order valence-electron chi connectivity index (χ4n) is 2.53. The van der Waals surface area contributed by atoms with Crippen molar-refractivity contribution < 1.29 is 4.79 Å². The number of dihydropyridines is 1. The predicted octanol–water partition coefficient (Wildman–Crippen LogP) is 3.99. The second-order valence-corrected chi connectivity index (χ2v) is 6.02. The molecule has 1 aromatic rings. The molecular formula is C16H15ClN2OS. The SMILES string of the molecule is CSC1=C(C#N)C(c2ccc(Cl)cc2)C(C(C)=O)=C(C)N1. The van der Waals surface area contributed by atoms with Crippen LogP contribution in [0.15, 0.2) is 46.1 Å². The summed E-state index contributed by atoms with van der Waals surface area (Å²) in [5.41, 5.74) is 2.90. The number of nitriles is 1. The molecule has 1 N–H and O–H groups in total. The lowest BCUT2D eigenvalue weighted by Crippen LogP contribution is -2.26. The highest BCUT2D eigenvalue weighted by atomic mass is 35.5. The van der Waals surface area contributed by atoms with Gasteiger partial charge in [-0.3, -0.25) is 4.79 Å². The summed E-state index contributed by atoms with van der Waals surface area (Å²) in [6.45, 7) is 3.40. The Labute approximate surface area is 133 Å². The zero-order valence-electron chi connectivity index (χ0n) is 12.0. The second-order valence-electron chi connectivity index (χ2n) is 4.76. The molecule has 1 unspecified atom stereocenters. The van der Waals surface area contributed by atoms with Crippen LogP contribution in [0.3, 0.4) is 0 Å². The van der Waals surface area contributed by atoms with E-state index in [1.165, 1.54) is 18.7 Å². The maximum atomic E-state index is 12.1. The highest BCUT2D eigenvalue weighted by molar-refractivity contribution is 8.02. The minimum absolute atomic E-state index is 0.0344. The van der Waals surface area contributed by atoms with Crippen molar-refractivity contribution in [2.45, 2.75) is 19.8 Å². The number of thioether (sulfide) groups is 1. The lowest BCUT2D eigenvalue weighted by atomic mass is 9.81. The molecule has 0 aliphatic carbocycles. The minimum atomic E-state index is -0.339. The Morgan fingerprint density at radius 2 is 2.00 bits per heavy atom. The van der Waals surface area contributed by atoms with E-state index in [1.54, 1.807) is 12.1 Å². The fraction of sp³-hybridized carbons (Fsp3) is 0.250. The van der Waals surface area contributed by atoms with Crippen LogP contribution in [0.1, 0.15) is 25.3 Å². The van der Waals surface area contributed by atoms with Gasteiger partial charge in [0.05, 0.1) is 22.6 Å². The van der Waals surface area contributed by atoms with Gasteiger partial charge in [0.1, 0.15) is 0 Å². The van der Waals surface area contributed by atoms with Crippen LogP contribution in [0.2, 0.25) is 5.02 Å². The number of nitrogens with one attached hydrogen (secondary N) is 1. The van der Waals surface area contributed by atoms with Crippen LogP contribution in [-0.2, 0) is 4.79 Å². The molecule has 1 heterocycles. The van der Waals surface area contributed by atoms with E-state index < -0.39 is 0 Å². The van der Waals surface area contributed by atoms with Gasteiger partial charge < -0.3 is 5.32 Å². The molecule has 3 nitrogen and oxygen atoms in total. The molecule has 108 valence electrons. The Morgan fingerprint density at radius 1 is 1.38 bits per heavy atom. The van der Waals surface area contributed by atoms with Gasteiger partial charge in [-0.2, -0.15) is 5.26 Å². The second kappa shape index (κ2) is 6.38. The van der Waals surface area contributed by atoms with Crippen LogP contribution in [0.5, 0.6) is 0 Å². The quantitative estimate of drug-likeness (QED) is 0.915. The van der Waals surface area contributed by atoms with Crippen molar-refractivity contribution in [2.75, 3.05) is 6.26 Å². The van der Waals surface area contributed by atoms with Crippen LogP contribution in [0.25, 0.3) is 0 Å². The summed E-state index contributed by atoms with van der Waals surface area (Å²) in [5.74, 6) is -0.374. The van der Waals surface area contributed by atoms with Crippen LogP contribution in [0.4, 0.5) is 0 Å². The number of ketones is 1. The van der Waals surface area contributed by atoms with Gasteiger partial charge in [-0.05, 0) is 37.8 Å². The molecule has 0 amide bonds. The summed E-state index contributed by atoms with van der Waals surface area (Å²) in [4.78, 5) is 12.1. The molecule has 0 aromatic heterocycles. The van der Waals surface area contributed by atoms with Crippen molar-refractivity contribution in [3.63, 3.8) is 0 Å². The number of nitrogens with zero attached hydrogens (tertiary/aromatic N) is 1. The molecule has 5 heteroatoms. The van der Waals surface area contributed by atoms with E-state index in [4.69, 9.17) is 11.6 Å². The average molecular weight is 319 g/mol. The Morgan fingerprint density at radius 3 is 2.48 bits per heavy atom. The van der Waals surface area contributed by atoms with Gasteiger partial charge in [-0.25, -0.2) is 0 Å². The smallest absolute Gasteiger partial charge is 0.158 e. The molecular weight excluding hydrogens is 304 g/mol. The van der Waals surface area contributed by atoms with E-state index in [0.717, 1.165) is 16.3 Å². The van der Waals surface area contributed by atoms with E-state index in [-0.39, 0.29) is 11.7 Å². The summed E-state index contributed by atoms with van der Waals surface area (Å²) in [6, 6.07) is 9.54. The van der Waals surface area contributed by atoms with E-state index in [9.17, 15) is 10.1 Å². The summed E-state index contributed by atoms with van der Waals surface area (Å²) in [5, 5.41) is 14.1. The number of rotatable bonds is 3. The zero-order chi connectivity index (χ0) is 15.6. The number of allylic oxidation sites excluding steroid dienone is 3. The van der Waals surface area contributed by atoms with Gasteiger partial charge in [-0.1, -0.05) is 23.7 Å². The summed E-state index contributed by atoms with van der Waals surface area (Å²) in [7, 11) is 0. The van der Waals surface area contributed by atoms with Crippen molar-refractivity contribution >= 4 is 29.1 Å². The van der Waals surface area contributed by atoms with E-state index in [1.807, 2.05) is 25.3 Å². The summed E-state index contributed by atoms with van der Waals surface area (Å²) >= 11 is 7.40. The van der Waals surface area contributed by atoms with Gasteiger partial charge in [0.2, 0.25) is 0 Å². The van der Waals surface area contributed by atoms with Crippen molar-refractivity contribution in [1.29, 1.82) is 5.26 Å². The highest BCUT2D eigenvalue weighted by Crippen LogP contribution is 2.40. The number of carbonyl (C=O) groups is 1. The van der Waals surface area contributed by atoms with Crippen LogP contribution >= 0.6 is 23.4 Å². The molecule has 1 aliphatic rings. The van der Waals surface area contributed by atoms with Crippen LogP contribution < -0.4 is 5.32 Å². The average Bonchev–Trinajstić information content (AvgIpc) is 2.46. The third-order valence-corrected chi connectivity index (χ3v) is 4.42. The van der Waals surface area contributed by atoms with Crippen LogP contribution in [0, 0.1) is 11.3 Å². The van der Waals surface area contributed by atoms with E-state index in [2.05, 4.69) is 11.4 Å². The lowest BCUT2D eigenvalue weighted by molar-refractivity contribution is -0.113. The molecule has 21 heavy (non-hydrogen) atoms. The standard InChI is InChI=1S/C16H15ClN2OS/c1-9-14(10(2)20)15(11-4-6-12(17)7-5-11)13(8-18)16(19-9)21-3/h4-7,15,19H,1-3H3. The molecule has 1 aromatic carbocycles. The highest BCUT2D eigenvalue weighted by Gasteiger charge is 2.32. The van der Waals surface area contributed by atoms with Crippen molar-refractivity contribution in [2.24, 2.45) is 0 Å². The lowest BCUT2D eigenvalue weighted by Gasteiger charge is -2.28. The normalized spacial score (nSPS) is 18.3. The molecule has 0 spiro atoms. The first-order chi connectivity index (χ1) is 9.99. The molecule has 1 aliphatic heterocycles. The number of hydrogen-bond donors (Lipinski definition) is 1. The third kappa shape index (κ3) is 2.99. The molecule has 2 rings (SSSR count). The van der Waals surface area contributed by atoms with Gasteiger partial charge in [0.25, 0.3) is 0 Å². The van der Waals surface area contributed by atoms with Gasteiger partial charge in [0, 0.05) is 16.3 Å². The molecule has 0 fully saturated rings. The fourth-order valence-corrected chi connectivity index (χ4v) is 3.29. The molecule has 0 bridgehead atoms. The van der Waals surface area contributed by atoms with Crippen molar-refractivity contribution in [3.8, 4) is 6.07 Å². The van der Waals surface area contributed by atoms with Crippen molar-refractivity contribution in [3.05, 3.63) is 56.7 Å². The maximum absolute atomic E-state index is 12.1. The Bertz CT molecular complexity index is 683. The number of halogens is 1. The Hall–Kier alpha value is -1.70. The van der Waals surface area contributed by atoms with Crippen molar-refractivity contribution in [1.82, 2.24) is 5.32 Å². The van der Waals surface area contributed by atoms with E-state index in [0.29, 0.717) is 16.2 Å². The zero-order valence-corrected chi connectivity index (χ0v) is 13.6. The number of carbonyl (C=O) groups excluding carboxylic acids is 1. The molecule has 1 atom stereocenters. The number of Topliss-reactive ketones (excluding diaryl/α,β-unsaturated/α-hetero) is 1. The van der Waals surface area contributed by atoms with Gasteiger partial charge >= 0.3 is 0 Å². The maximum Gasteiger partial charge on any atom is 0.158 e. The first-order valence-corrected chi connectivity index (χ1v) is 8.02. The third-order valence-electron chi connectivity index (χ3n) is 3.43. The number of benzene rings is 1. The first-order valence-electron chi connectivity index (χ1n) is 6.42. The molecule has 0 saturated heterocycles. The molecule has 0 radical (unpaired) electrons. The summed E-state index contributed by atoms with van der Waals surface area (Å²) < 4.78 is 0. The van der Waals surface area contributed by atoms with Crippen LogP contribution in [-0.4, -0.2) is 12.0 Å². The largest absolute Gasteiger partial charge is 0.353 e. The topological polar surface area (TPSA) is 52.9 Å². The van der Waals surface area contributed by atoms with Gasteiger partial charge in [0.15, 0.2) is 5.78 Å². The summed E-state index contributed by atoms with van der Waals surface area (Å²) in [6.07, 6.45) is 1.91. The monoisotopic (exact) mass is 318 g/mol. The molecule has 0 saturated carbocycles. The Kier molecular flexibility index (Phi) is 4.76. The Balaban J connectivity index is 2.66.